The normalized spacial score (nSPS) is 15.6. The van der Waals surface area contributed by atoms with E-state index >= 15 is 0 Å². The van der Waals surface area contributed by atoms with Gasteiger partial charge in [0.2, 0.25) is 0 Å². The second-order valence-corrected chi connectivity index (χ2v) is 26.8. The first-order valence-electron chi connectivity index (χ1n) is 33.8. The summed E-state index contributed by atoms with van der Waals surface area (Å²) in [5.74, 6) is 2.27. The van der Waals surface area contributed by atoms with Crippen molar-refractivity contribution in [3.63, 3.8) is 0 Å². The summed E-state index contributed by atoms with van der Waals surface area (Å²) >= 11 is 0. The van der Waals surface area contributed by atoms with Crippen LogP contribution in [-0.2, 0) is 131 Å². The second-order valence-electron chi connectivity index (χ2n) is 26.8. The van der Waals surface area contributed by atoms with Crippen LogP contribution in [-0.4, -0.2) is 110 Å². The van der Waals surface area contributed by atoms with Crippen molar-refractivity contribution in [3.05, 3.63) is 235 Å². The largest absolute Gasteiger partial charge is 0.332 e. The van der Waals surface area contributed by atoms with E-state index in [9.17, 15) is 47.9 Å². The number of aromatic nitrogens is 21. The molecule has 16 rings (SSSR count). The monoisotopic (exact) mass is 1400 g/mol. The van der Waals surface area contributed by atoms with Gasteiger partial charge >= 0.3 is 28.4 Å². The summed E-state index contributed by atoms with van der Waals surface area (Å²) in [6, 6.07) is 21.7. The molecular weight excluding hydrogens is 1320 g/mol. The van der Waals surface area contributed by atoms with E-state index in [1.54, 1.807) is 81.9 Å². The van der Waals surface area contributed by atoms with E-state index in [0.717, 1.165) is 86.7 Å². The van der Waals surface area contributed by atoms with Gasteiger partial charge in [0.05, 0.1) is 32.3 Å². The molecule has 1 aliphatic heterocycles. The predicted molar refractivity (Wildman–Crippen MR) is 386 cm³/mol. The molecule has 1 N–H and O–H groups in total. The molecular formula is C70H81N23O10. The third kappa shape index (κ3) is 12.0. The minimum absolute atomic E-state index is 0.199. The summed E-state index contributed by atoms with van der Waals surface area (Å²) in [5.41, 5.74) is 6.87. The summed E-state index contributed by atoms with van der Waals surface area (Å²) < 4.78 is 21.1. The molecule has 103 heavy (non-hydrogen) atoms. The van der Waals surface area contributed by atoms with E-state index in [4.69, 9.17) is 0 Å². The Hall–Kier alpha value is -11.7. The Morgan fingerprint density at radius 3 is 1.36 bits per heavy atom. The SMILES string of the molecule is Cn1c(=O)c2c(nc(CNC3CCc4ccccc43)n2C)n(C)c1=O.Cn1c(=O)c2c(nc(Cc3nc4c(c(=O)n(C)c(=O)n4C)n3C)n2C)n(C)c1=O.Cn1c(=O)c2c(ncn2CCC2CCc3ccccc32)n(C)c1=O.Cn1c(=O)c2c(ncn2CN2CCCC2c2cccnc2)n(C)c1=O. The standard InChI is InChI=1S/C18H21N5O2.C18H20N4O2.C17H20N8O4.C17H20N6O2/c1-21-14(10-19-13-9-8-11-6-4-5-7-12(11)13)20-16-15(21)17(24)23(3)18(25)22(16)2;1-20-16-15(17(23)21(2)18(20)24)22(11-19-16)10-9-13-8-7-12-5-3-4-6-14(12)13;1-20-8(18-12-10(20)14(26)24(5)16(28)22(12)3)7-9-19-13-11(21(9)2)15(27)25(6)17(29)23(13)4;1-20-15-14(16(24)21(2)17(20)25)23(10-19-15)11-22-8-4-6-13(22)12-5-3-7-18-9-12/h4-7,13,19H,8-10H2,1-3H3;3-6,11,13H,7-10H2,1-2H3;7H2,1-6H3;3,5,7,9-10,13H,4,6,8,11H2,1-2H3. The first-order chi connectivity index (χ1) is 49.2. The summed E-state index contributed by atoms with van der Waals surface area (Å²) in [5, 5.41) is 3.54. The Balaban J connectivity index is 0.000000123. The van der Waals surface area contributed by atoms with E-state index < -0.39 is 22.5 Å². The van der Waals surface area contributed by atoms with Crippen LogP contribution in [0.4, 0.5) is 0 Å². The van der Waals surface area contributed by atoms with E-state index in [2.05, 4.69) is 94.7 Å². The molecule has 1 fully saturated rings. The quantitative estimate of drug-likeness (QED) is 0.187. The average molecular weight is 1400 g/mol. The predicted octanol–water partition coefficient (Wildman–Crippen LogP) is 0.771. The lowest BCUT2D eigenvalue weighted by atomic mass is 9.98. The number of nitrogens with zero attached hydrogens (tertiary/aromatic N) is 22. The fourth-order valence-electron chi connectivity index (χ4n) is 14.7. The van der Waals surface area contributed by atoms with E-state index in [1.165, 1.54) is 85.9 Å². The zero-order chi connectivity index (χ0) is 73.5. The van der Waals surface area contributed by atoms with Gasteiger partial charge in [0.1, 0.15) is 17.5 Å². The average Bonchev–Trinajstić information content (AvgIpc) is 1.60. The molecule has 33 nitrogen and oxygen atoms in total. The summed E-state index contributed by atoms with van der Waals surface area (Å²) in [7, 11) is 20.5. The number of likely N-dealkylation sites (tertiary alicyclic amines) is 1. The van der Waals surface area contributed by atoms with Crippen molar-refractivity contribution in [1.82, 2.24) is 109 Å². The van der Waals surface area contributed by atoms with Crippen LogP contribution in [0, 0.1) is 0 Å². The number of imidazole rings is 5. The van der Waals surface area contributed by atoms with Crippen molar-refractivity contribution in [2.75, 3.05) is 6.54 Å². The smallest absolute Gasteiger partial charge is 0.325 e. The minimum atomic E-state index is -0.464. The first-order valence-corrected chi connectivity index (χ1v) is 33.8. The maximum atomic E-state index is 12.6. The van der Waals surface area contributed by atoms with Crippen molar-refractivity contribution in [2.45, 2.75) is 89.1 Å². The molecule has 33 heteroatoms. The second kappa shape index (κ2) is 27.3. The van der Waals surface area contributed by atoms with Crippen LogP contribution in [0.25, 0.3) is 55.8 Å². The lowest BCUT2D eigenvalue weighted by molar-refractivity contribution is 0.204. The Kier molecular flexibility index (Phi) is 18.5. The fourth-order valence-corrected chi connectivity index (χ4v) is 14.7. The van der Waals surface area contributed by atoms with Crippen molar-refractivity contribution in [1.29, 1.82) is 0 Å². The molecule has 0 radical (unpaired) electrons. The van der Waals surface area contributed by atoms with Gasteiger partial charge in [-0.2, -0.15) is 0 Å². The molecule has 0 amide bonds. The van der Waals surface area contributed by atoms with Gasteiger partial charge in [-0.05, 0) is 84.7 Å². The van der Waals surface area contributed by atoms with Crippen molar-refractivity contribution in [2.24, 2.45) is 91.6 Å². The van der Waals surface area contributed by atoms with Crippen LogP contribution < -0.4 is 61.6 Å². The first kappa shape index (κ1) is 69.7. The molecule has 12 heterocycles. The number of hydrogen-bond acceptors (Lipinski definition) is 18. The molecule has 2 aliphatic carbocycles. The zero-order valence-electron chi connectivity index (χ0n) is 59.7. The zero-order valence-corrected chi connectivity index (χ0v) is 59.7. The molecule has 0 bridgehead atoms. The van der Waals surface area contributed by atoms with Crippen LogP contribution >= 0.6 is 0 Å². The number of fused-ring (bicyclic) bond motifs is 7. The molecule has 2 aromatic carbocycles. The maximum Gasteiger partial charge on any atom is 0.332 e. The summed E-state index contributed by atoms with van der Waals surface area (Å²) in [6.45, 7) is 2.78. The molecule has 11 aromatic heterocycles. The Morgan fingerprint density at radius 2 is 0.854 bits per heavy atom. The highest BCUT2D eigenvalue weighted by Crippen LogP contribution is 2.36. The third-order valence-electron chi connectivity index (χ3n) is 20.8. The van der Waals surface area contributed by atoms with Crippen molar-refractivity contribution < 1.29 is 0 Å². The number of hydrogen-bond donors (Lipinski definition) is 1. The highest BCUT2D eigenvalue weighted by atomic mass is 16.2. The number of benzene rings is 2. The lowest BCUT2D eigenvalue weighted by Crippen LogP contribution is -2.38. The van der Waals surface area contributed by atoms with Crippen molar-refractivity contribution in [3.8, 4) is 0 Å². The van der Waals surface area contributed by atoms with E-state index in [0.29, 0.717) is 81.3 Å². The summed E-state index contributed by atoms with van der Waals surface area (Å²) in [4.78, 5) is 152. The van der Waals surface area contributed by atoms with Crippen LogP contribution in [0.5, 0.6) is 0 Å². The molecule has 0 saturated carbocycles. The maximum absolute atomic E-state index is 12.6. The lowest BCUT2D eigenvalue weighted by Gasteiger charge is -2.25. The van der Waals surface area contributed by atoms with Gasteiger partial charge in [0, 0.05) is 129 Å². The van der Waals surface area contributed by atoms with Gasteiger partial charge < -0.3 is 28.2 Å². The molecule has 3 atom stereocenters. The Bertz CT molecular complexity index is 6110. The highest BCUT2D eigenvalue weighted by Gasteiger charge is 2.30. The van der Waals surface area contributed by atoms with Crippen LogP contribution in [0.3, 0.4) is 0 Å². The van der Waals surface area contributed by atoms with Gasteiger partial charge in [-0.15, -0.1) is 0 Å². The van der Waals surface area contributed by atoms with E-state index in [1.807, 2.05) is 28.4 Å². The molecule has 3 aliphatic rings. The Morgan fingerprint density at radius 1 is 0.427 bits per heavy atom. The molecule has 13 aromatic rings. The number of nitrogens with one attached hydrogen (secondary N) is 1. The molecule has 3 unspecified atom stereocenters. The number of aryl methyl sites for hydroxylation is 11. The number of pyridine rings is 1. The topological polar surface area (TPSA) is 337 Å². The van der Waals surface area contributed by atoms with Gasteiger partial charge in [0.25, 0.3) is 27.8 Å². The molecule has 536 valence electrons. The number of rotatable bonds is 11. The van der Waals surface area contributed by atoms with Gasteiger partial charge in [-0.25, -0.2) is 48.9 Å². The van der Waals surface area contributed by atoms with E-state index in [-0.39, 0.29) is 57.5 Å². The van der Waals surface area contributed by atoms with Crippen LogP contribution in [0.2, 0.25) is 0 Å². The van der Waals surface area contributed by atoms with Gasteiger partial charge in [-0.3, -0.25) is 79.5 Å². The molecule has 0 spiro atoms. The van der Waals surface area contributed by atoms with Gasteiger partial charge in [-0.1, -0.05) is 54.6 Å². The van der Waals surface area contributed by atoms with Crippen LogP contribution in [0.1, 0.15) is 95.4 Å². The summed E-state index contributed by atoms with van der Waals surface area (Å²) in [6.07, 6.45) is 14.7. The minimum Gasteiger partial charge on any atom is -0.325 e. The Labute approximate surface area is 584 Å². The fraction of sp³-hybridized carbons (Fsp3) is 0.400. The van der Waals surface area contributed by atoms with Crippen molar-refractivity contribution >= 4 is 55.8 Å². The third-order valence-corrected chi connectivity index (χ3v) is 20.8. The van der Waals surface area contributed by atoms with Crippen LogP contribution in [0.15, 0.2) is 134 Å². The highest BCUT2D eigenvalue weighted by molar-refractivity contribution is 5.74. The molecule has 1 saturated heterocycles. The van der Waals surface area contributed by atoms with Gasteiger partial charge in [0.15, 0.2) is 55.8 Å².